The zero-order chi connectivity index (χ0) is 10.6. The maximum Gasteiger partial charge on any atom is 0.0798 e. The lowest BCUT2D eigenvalue weighted by Crippen LogP contribution is -2.25. The Hall–Kier alpha value is -0.0600. The molecule has 14 heavy (non-hydrogen) atoms. The van der Waals surface area contributed by atoms with Crippen LogP contribution < -0.4 is 5.32 Å². The molecule has 2 unspecified atom stereocenters. The number of aromatic nitrogens is 1. The lowest BCUT2D eigenvalue weighted by Gasteiger charge is -2.15. The molecule has 0 aliphatic carbocycles. The predicted molar refractivity (Wildman–Crippen MR) is 66.2 cm³/mol. The van der Waals surface area contributed by atoms with E-state index in [0.29, 0.717) is 11.3 Å². The second-order valence-corrected chi connectivity index (χ2v) is 5.64. The van der Waals surface area contributed by atoms with Gasteiger partial charge in [0.15, 0.2) is 0 Å². The van der Waals surface area contributed by atoms with Crippen molar-refractivity contribution in [3.05, 3.63) is 16.1 Å². The van der Waals surface area contributed by atoms with E-state index in [-0.39, 0.29) is 0 Å². The monoisotopic (exact) mass is 230 g/mol. The maximum atomic E-state index is 4.26. The molecule has 0 radical (unpaired) electrons. The van der Waals surface area contributed by atoms with E-state index in [1.54, 1.807) is 11.3 Å². The molecule has 0 spiro atoms. The molecule has 80 valence electrons. The summed E-state index contributed by atoms with van der Waals surface area (Å²) in [5.41, 5.74) is 3.08. The first-order valence-corrected chi connectivity index (χ1v) is 6.98. The van der Waals surface area contributed by atoms with Gasteiger partial charge in [0.1, 0.15) is 0 Å². The van der Waals surface area contributed by atoms with E-state index in [4.69, 9.17) is 0 Å². The maximum absolute atomic E-state index is 4.26. The van der Waals surface area contributed by atoms with Gasteiger partial charge in [-0.3, -0.25) is 0 Å². The molecule has 0 amide bonds. The quantitative estimate of drug-likeness (QED) is 0.842. The van der Waals surface area contributed by atoms with Crippen molar-refractivity contribution in [3.8, 4) is 0 Å². The van der Waals surface area contributed by atoms with Gasteiger partial charge in [-0.2, -0.15) is 11.8 Å². The van der Waals surface area contributed by atoms with Crippen LogP contribution in [0.4, 0.5) is 0 Å². The number of rotatable bonds is 5. The average molecular weight is 230 g/mol. The molecule has 1 heterocycles. The standard InChI is InChI=1S/C10H18N2S2/c1-7(13-4)5-11-8(2)10-9(3)12-6-14-10/h6-8,11H,5H2,1-4H3. The van der Waals surface area contributed by atoms with Crippen molar-refractivity contribution in [2.24, 2.45) is 0 Å². The van der Waals surface area contributed by atoms with Crippen LogP contribution in [0, 0.1) is 6.92 Å². The van der Waals surface area contributed by atoms with Gasteiger partial charge in [0.2, 0.25) is 0 Å². The first-order chi connectivity index (χ1) is 6.65. The molecular formula is C10H18N2S2. The van der Waals surface area contributed by atoms with Gasteiger partial charge in [0.05, 0.1) is 11.2 Å². The summed E-state index contributed by atoms with van der Waals surface area (Å²) in [4.78, 5) is 5.62. The van der Waals surface area contributed by atoms with E-state index in [1.807, 2.05) is 17.3 Å². The van der Waals surface area contributed by atoms with Crippen LogP contribution >= 0.6 is 23.1 Å². The summed E-state index contributed by atoms with van der Waals surface area (Å²) < 4.78 is 0. The molecule has 0 fully saturated rings. The molecule has 0 aliphatic rings. The zero-order valence-electron chi connectivity index (χ0n) is 9.20. The average Bonchev–Trinajstić information content (AvgIpc) is 2.60. The van der Waals surface area contributed by atoms with Crippen molar-refractivity contribution in [1.29, 1.82) is 0 Å². The van der Waals surface area contributed by atoms with Gasteiger partial charge in [-0.1, -0.05) is 6.92 Å². The SMILES string of the molecule is CSC(C)CNC(C)c1scnc1C. The largest absolute Gasteiger partial charge is 0.308 e. The van der Waals surface area contributed by atoms with Gasteiger partial charge in [0, 0.05) is 22.7 Å². The third kappa shape index (κ3) is 3.26. The topological polar surface area (TPSA) is 24.9 Å². The fraction of sp³-hybridized carbons (Fsp3) is 0.700. The Morgan fingerprint density at radius 3 is 2.79 bits per heavy atom. The molecule has 1 rings (SSSR count). The summed E-state index contributed by atoms with van der Waals surface area (Å²) in [6.07, 6.45) is 2.15. The number of nitrogens with one attached hydrogen (secondary N) is 1. The van der Waals surface area contributed by atoms with E-state index in [1.165, 1.54) is 4.88 Å². The molecule has 0 saturated carbocycles. The zero-order valence-corrected chi connectivity index (χ0v) is 10.8. The predicted octanol–water partition coefficient (Wildman–Crippen LogP) is 2.85. The van der Waals surface area contributed by atoms with E-state index >= 15 is 0 Å². The van der Waals surface area contributed by atoms with E-state index in [0.717, 1.165) is 12.2 Å². The third-order valence-corrected chi connectivity index (χ3v) is 4.37. The lowest BCUT2D eigenvalue weighted by atomic mass is 10.2. The Morgan fingerprint density at radius 2 is 2.29 bits per heavy atom. The molecule has 1 aromatic heterocycles. The number of hydrogen-bond donors (Lipinski definition) is 1. The number of nitrogens with zero attached hydrogens (tertiary/aromatic N) is 1. The fourth-order valence-electron chi connectivity index (χ4n) is 1.25. The molecule has 0 saturated heterocycles. The molecular weight excluding hydrogens is 212 g/mol. The van der Waals surface area contributed by atoms with E-state index in [9.17, 15) is 0 Å². The minimum Gasteiger partial charge on any atom is -0.308 e. The highest BCUT2D eigenvalue weighted by Gasteiger charge is 2.11. The van der Waals surface area contributed by atoms with Crippen molar-refractivity contribution in [3.63, 3.8) is 0 Å². The number of thioether (sulfide) groups is 1. The Kier molecular flexibility index (Phi) is 4.92. The summed E-state index contributed by atoms with van der Waals surface area (Å²) >= 11 is 3.63. The summed E-state index contributed by atoms with van der Waals surface area (Å²) in [6, 6.07) is 0.428. The van der Waals surface area contributed by atoms with Gasteiger partial charge in [-0.25, -0.2) is 4.98 Å². The smallest absolute Gasteiger partial charge is 0.0798 e. The van der Waals surface area contributed by atoms with Crippen LogP contribution in [0.1, 0.15) is 30.5 Å². The summed E-state index contributed by atoms with van der Waals surface area (Å²) in [7, 11) is 0. The van der Waals surface area contributed by atoms with E-state index < -0.39 is 0 Å². The highest BCUT2D eigenvalue weighted by Crippen LogP contribution is 2.21. The second-order valence-electron chi connectivity index (χ2n) is 3.48. The normalized spacial score (nSPS) is 15.4. The van der Waals surface area contributed by atoms with Crippen LogP contribution in [0.5, 0.6) is 0 Å². The van der Waals surface area contributed by atoms with Crippen LogP contribution in [0.2, 0.25) is 0 Å². The van der Waals surface area contributed by atoms with Gasteiger partial charge in [0.25, 0.3) is 0 Å². The van der Waals surface area contributed by atoms with Crippen LogP contribution in [0.15, 0.2) is 5.51 Å². The Balaban J connectivity index is 2.43. The van der Waals surface area contributed by atoms with Crippen LogP contribution in [0.3, 0.4) is 0 Å². The minimum absolute atomic E-state index is 0.428. The number of thiazole rings is 1. The van der Waals surface area contributed by atoms with Crippen molar-refractivity contribution in [1.82, 2.24) is 10.3 Å². The second kappa shape index (κ2) is 5.73. The van der Waals surface area contributed by atoms with Crippen LogP contribution in [-0.4, -0.2) is 23.0 Å². The third-order valence-electron chi connectivity index (χ3n) is 2.29. The Morgan fingerprint density at radius 1 is 1.57 bits per heavy atom. The van der Waals surface area contributed by atoms with Crippen molar-refractivity contribution in [2.75, 3.05) is 12.8 Å². The minimum atomic E-state index is 0.428. The summed E-state index contributed by atoms with van der Waals surface area (Å²) in [5, 5.41) is 4.20. The number of hydrogen-bond acceptors (Lipinski definition) is 4. The van der Waals surface area contributed by atoms with Gasteiger partial charge < -0.3 is 5.32 Å². The first-order valence-electron chi connectivity index (χ1n) is 4.81. The summed E-state index contributed by atoms with van der Waals surface area (Å²) in [6.45, 7) is 7.57. The number of aryl methyl sites for hydroxylation is 1. The molecule has 0 aliphatic heterocycles. The highest BCUT2D eigenvalue weighted by atomic mass is 32.2. The summed E-state index contributed by atoms with van der Waals surface area (Å²) in [5.74, 6) is 0. The molecule has 0 aromatic carbocycles. The van der Waals surface area contributed by atoms with Gasteiger partial charge in [-0.15, -0.1) is 11.3 Å². The Bertz CT molecular complexity index is 273. The van der Waals surface area contributed by atoms with Crippen molar-refractivity contribution < 1.29 is 0 Å². The first kappa shape index (κ1) is 12.0. The molecule has 1 aromatic rings. The van der Waals surface area contributed by atoms with Gasteiger partial charge in [-0.05, 0) is 20.1 Å². The molecule has 0 bridgehead atoms. The molecule has 2 nitrogen and oxygen atoms in total. The van der Waals surface area contributed by atoms with E-state index in [2.05, 4.69) is 37.3 Å². The van der Waals surface area contributed by atoms with Gasteiger partial charge >= 0.3 is 0 Å². The van der Waals surface area contributed by atoms with Crippen LogP contribution in [0.25, 0.3) is 0 Å². The Labute approximate surface area is 94.5 Å². The fourth-order valence-corrected chi connectivity index (χ4v) is 2.34. The van der Waals surface area contributed by atoms with Crippen molar-refractivity contribution >= 4 is 23.1 Å². The molecule has 2 atom stereocenters. The van der Waals surface area contributed by atoms with Crippen LogP contribution in [-0.2, 0) is 0 Å². The highest BCUT2D eigenvalue weighted by molar-refractivity contribution is 7.99. The molecule has 1 N–H and O–H groups in total. The molecule has 4 heteroatoms. The van der Waals surface area contributed by atoms with Crippen molar-refractivity contribution in [2.45, 2.75) is 32.1 Å². The lowest BCUT2D eigenvalue weighted by molar-refractivity contribution is 0.580.